The van der Waals surface area contributed by atoms with E-state index < -0.39 is 0 Å². The Kier molecular flexibility index (Phi) is 5.96. The summed E-state index contributed by atoms with van der Waals surface area (Å²) in [5, 5.41) is 4.75. The Balaban J connectivity index is 2.03. The largest absolute Gasteiger partial charge is 0.385 e. The van der Waals surface area contributed by atoms with E-state index in [0.29, 0.717) is 6.04 Å². The van der Waals surface area contributed by atoms with E-state index >= 15 is 0 Å². The standard InChI is InChI=1S/C17H24N2O/c1-3-18-15(8-6-12-20-2)13-16-11-10-14-7-4-5-9-17(14)19-16/h4-5,7,9-11,15,18H,3,6,8,12-13H2,1-2H3. The summed E-state index contributed by atoms with van der Waals surface area (Å²) in [6.07, 6.45) is 3.18. The number of hydrogen-bond donors (Lipinski definition) is 1. The quantitative estimate of drug-likeness (QED) is 0.749. The van der Waals surface area contributed by atoms with Crippen LogP contribution in [-0.4, -0.2) is 31.3 Å². The van der Waals surface area contributed by atoms with E-state index in [0.717, 1.165) is 43.6 Å². The Bertz CT molecular complexity index is 527. The van der Waals surface area contributed by atoms with Gasteiger partial charge in [0.15, 0.2) is 0 Å². The van der Waals surface area contributed by atoms with Crippen molar-refractivity contribution in [1.29, 1.82) is 0 Å². The number of benzene rings is 1. The van der Waals surface area contributed by atoms with Crippen LogP contribution in [0.2, 0.25) is 0 Å². The Labute approximate surface area is 121 Å². The average Bonchev–Trinajstić information content (AvgIpc) is 2.47. The molecule has 1 unspecified atom stereocenters. The molecule has 0 radical (unpaired) electrons. The number of nitrogens with one attached hydrogen (secondary N) is 1. The molecule has 2 rings (SSSR count). The second kappa shape index (κ2) is 7.98. The minimum atomic E-state index is 0.476. The van der Waals surface area contributed by atoms with Gasteiger partial charge in [0, 0.05) is 37.3 Å². The van der Waals surface area contributed by atoms with E-state index in [1.54, 1.807) is 7.11 Å². The summed E-state index contributed by atoms with van der Waals surface area (Å²) in [5.74, 6) is 0. The smallest absolute Gasteiger partial charge is 0.0705 e. The number of likely N-dealkylation sites (N-methyl/N-ethyl adjacent to an activating group) is 1. The second-order valence-electron chi connectivity index (χ2n) is 5.09. The van der Waals surface area contributed by atoms with Gasteiger partial charge in [-0.15, -0.1) is 0 Å². The lowest BCUT2D eigenvalue weighted by atomic mass is 10.0. The van der Waals surface area contributed by atoms with Crippen LogP contribution in [0, 0.1) is 0 Å². The highest BCUT2D eigenvalue weighted by atomic mass is 16.5. The first-order valence-electron chi connectivity index (χ1n) is 7.40. The Morgan fingerprint density at radius 2 is 2.05 bits per heavy atom. The van der Waals surface area contributed by atoms with Gasteiger partial charge in [-0.3, -0.25) is 4.98 Å². The van der Waals surface area contributed by atoms with Crippen molar-refractivity contribution >= 4 is 10.9 Å². The minimum absolute atomic E-state index is 0.476. The fraction of sp³-hybridized carbons (Fsp3) is 0.471. The number of ether oxygens (including phenoxy) is 1. The molecular weight excluding hydrogens is 248 g/mol. The van der Waals surface area contributed by atoms with Gasteiger partial charge < -0.3 is 10.1 Å². The lowest BCUT2D eigenvalue weighted by Gasteiger charge is -2.17. The predicted molar refractivity (Wildman–Crippen MR) is 84.0 cm³/mol. The van der Waals surface area contributed by atoms with Crippen molar-refractivity contribution in [1.82, 2.24) is 10.3 Å². The van der Waals surface area contributed by atoms with Crippen molar-refractivity contribution in [2.75, 3.05) is 20.3 Å². The molecular formula is C17H24N2O. The van der Waals surface area contributed by atoms with Gasteiger partial charge in [0.2, 0.25) is 0 Å². The maximum absolute atomic E-state index is 5.13. The minimum Gasteiger partial charge on any atom is -0.385 e. The van der Waals surface area contributed by atoms with Crippen molar-refractivity contribution in [3.8, 4) is 0 Å². The van der Waals surface area contributed by atoms with E-state index in [4.69, 9.17) is 9.72 Å². The number of para-hydroxylation sites is 1. The fourth-order valence-electron chi connectivity index (χ4n) is 2.51. The van der Waals surface area contributed by atoms with Gasteiger partial charge in [0.05, 0.1) is 5.52 Å². The lowest BCUT2D eigenvalue weighted by Crippen LogP contribution is -2.31. The Morgan fingerprint density at radius 3 is 2.85 bits per heavy atom. The lowest BCUT2D eigenvalue weighted by molar-refractivity contribution is 0.188. The fourth-order valence-corrected chi connectivity index (χ4v) is 2.51. The first kappa shape index (κ1) is 14.9. The van der Waals surface area contributed by atoms with Crippen LogP contribution in [0.5, 0.6) is 0 Å². The molecule has 0 aliphatic rings. The number of fused-ring (bicyclic) bond motifs is 1. The summed E-state index contributed by atoms with van der Waals surface area (Å²) < 4.78 is 5.13. The van der Waals surface area contributed by atoms with Gasteiger partial charge >= 0.3 is 0 Å². The number of hydrogen-bond acceptors (Lipinski definition) is 3. The van der Waals surface area contributed by atoms with Crippen molar-refractivity contribution in [2.45, 2.75) is 32.2 Å². The van der Waals surface area contributed by atoms with E-state index in [1.807, 2.05) is 6.07 Å². The number of pyridine rings is 1. The van der Waals surface area contributed by atoms with E-state index in [9.17, 15) is 0 Å². The molecule has 0 fully saturated rings. The number of aromatic nitrogens is 1. The van der Waals surface area contributed by atoms with Crippen LogP contribution in [-0.2, 0) is 11.2 Å². The van der Waals surface area contributed by atoms with Crippen molar-refractivity contribution < 1.29 is 4.74 Å². The summed E-state index contributed by atoms with van der Waals surface area (Å²) in [5.41, 5.74) is 2.24. The van der Waals surface area contributed by atoms with Gasteiger partial charge in [-0.1, -0.05) is 31.2 Å². The molecule has 20 heavy (non-hydrogen) atoms. The molecule has 0 bridgehead atoms. The zero-order valence-electron chi connectivity index (χ0n) is 12.4. The van der Waals surface area contributed by atoms with Gasteiger partial charge in [-0.25, -0.2) is 0 Å². The third kappa shape index (κ3) is 4.29. The highest BCUT2D eigenvalue weighted by Gasteiger charge is 2.09. The molecule has 2 aromatic rings. The third-order valence-corrected chi connectivity index (χ3v) is 3.51. The van der Waals surface area contributed by atoms with Gasteiger partial charge in [0.25, 0.3) is 0 Å². The normalized spacial score (nSPS) is 12.7. The summed E-state index contributed by atoms with van der Waals surface area (Å²) in [7, 11) is 1.76. The average molecular weight is 272 g/mol. The van der Waals surface area contributed by atoms with Crippen LogP contribution < -0.4 is 5.32 Å². The molecule has 108 valence electrons. The van der Waals surface area contributed by atoms with Gasteiger partial charge in [-0.2, -0.15) is 0 Å². The molecule has 0 spiro atoms. The molecule has 0 aliphatic heterocycles. The molecule has 0 aliphatic carbocycles. The molecule has 0 amide bonds. The van der Waals surface area contributed by atoms with E-state index in [-0.39, 0.29) is 0 Å². The summed E-state index contributed by atoms with van der Waals surface area (Å²) in [4.78, 5) is 4.75. The van der Waals surface area contributed by atoms with Crippen molar-refractivity contribution in [3.63, 3.8) is 0 Å². The first-order valence-corrected chi connectivity index (χ1v) is 7.40. The summed E-state index contributed by atoms with van der Waals surface area (Å²) in [6.45, 7) is 3.97. The highest BCUT2D eigenvalue weighted by molar-refractivity contribution is 5.78. The Hall–Kier alpha value is -1.45. The van der Waals surface area contributed by atoms with Crippen LogP contribution in [0.3, 0.4) is 0 Å². The van der Waals surface area contributed by atoms with Gasteiger partial charge in [-0.05, 0) is 31.5 Å². The SMILES string of the molecule is CCNC(CCCOC)Cc1ccc2ccccc2n1. The maximum Gasteiger partial charge on any atom is 0.0705 e. The molecule has 1 N–H and O–H groups in total. The molecule has 1 atom stereocenters. The third-order valence-electron chi connectivity index (χ3n) is 3.51. The molecule has 1 aromatic heterocycles. The van der Waals surface area contributed by atoms with Crippen molar-refractivity contribution in [3.05, 3.63) is 42.1 Å². The summed E-state index contributed by atoms with van der Waals surface area (Å²) in [6, 6.07) is 13.1. The van der Waals surface area contributed by atoms with Crippen LogP contribution in [0.25, 0.3) is 10.9 Å². The number of rotatable bonds is 8. The van der Waals surface area contributed by atoms with E-state index in [1.165, 1.54) is 5.39 Å². The molecule has 3 heteroatoms. The van der Waals surface area contributed by atoms with E-state index in [2.05, 4.69) is 42.6 Å². The summed E-state index contributed by atoms with van der Waals surface area (Å²) >= 11 is 0. The molecule has 1 heterocycles. The van der Waals surface area contributed by atoms with Crippen LogP contribution >= 0.6 is 0 Å². The second-order valence-corrected chi connectivity index (χ2v) is 5.09. The predicted octanol–water partition coefficient (Wildman–Crippen LogP) is 3.18. The molecule has 0 saturated heterocycles. The zero-order valence-corrected chi connectivity index (χ0v) is 12.4. The molecule has 1 aromatic carbocycles. The topological polar surface area (TPSA) is 34.1 Å². The number of methoxy groups -OCH3 is 1. The Morgan fingerprint density at radius 1 is 1.20 bits per heavy atom. The molecule has 0 saturated carbocycles. The van der Waals surface area contributed by atoms with Crippen LogP contribution in [0.4, 0.5) is 0 Å². The zero-order chi connectivity index (χ0) is 14.2. The van der Waals surface area contributed by atoms with Crippen molar-refractivity contribution in [2.24, 2.45) is 0 Å². The van der Waals surface area contributed by atoms with Gasteiger partial charge in [0.1, 0.15) is 0 Å². The maximum atomic E-state index is 5.13. The first-order chi connectivity index (χ1) is 9.83. The number of nitrogens with zero attached hydrogens (tertiary/aromatic N) is 1. The monoisotopic (exact) mass is 272 g/mol. The molecule has 3 nitrogen and oxygen atoms in total. The van der Waals surface area contributed by atoms with Crippen LogP contribution in [0.15, 0.2) is 36.4 Å². The van der Waals surface area contributed by atoms with Crippen LogP contribution in [0.1, 0.15) is 25.5 Å². The highest BCUT2D eigenvalue weighted by Crippen LogP contribution is 2.14.